The van der Waals surface area contributed by atoms with Crippen molar-refractivity contribution in [2.75, 3.05) is 11.5 Å². The molecule has 6 N–H and O–H groups in total. The standard InChI is InChI=1S/2C6H7N2.Co/c2*7-5-3-1-2-4-6(5)8;/h2*1-4,7H,8H2;/q2*-1;+2. The van der Waals surface area contributed by atoms with Crippen LogP contribution in [0.4, 0.5) is 22.7 Å². The summed E-state index contributed by atoms with van der Waals surface area (Å²) >= 11 is 0. The molecule has 0 saturated heterocycles. The first-order valence-electron chi connectivity index (χ1n) is 4.73. The molecule has 0 spiro atoms. The van der Waals surface area contributed by atoms with Gasteiger partial charge in [0.05, 0.1) is 0 Å². The maximum Gasteiger partial charge on any atom is 2.00 e. The summed E-state index contributed by atoms with van der Waals surface area (Å²) in [6, 6.07) is 14.0. The number of para-hydroxylation sites is 2. The summed E-state index contributed by atoms with van der Waals surface area (Å²) in [4.78, 5) is 0. The predicted molar refractivity (Wildman–Crippen MR) is 69.7 cm³/mol. The average Bonchev–Trinajstić information content (AvgIpc) is 2.28. The van der Waals surface area contributed by atoms with Crippen LogP contribution in [-0.2, 0) is 16.8 Å². The van der Waals surface area contributed by atoms with Crippen LogP contribution in [0.25, 0.3) is 11.5 Å². The summed E-state index contributed by atoms with van der Waals surface area (Å²) < 4.78 is 0. The van der Waals surface area contributed by atoms with Crippen LogP contribution in [0.5, 0.6) is 0 Å². The molecule has 0 aromatic heterocycles. The Morgan fingerprint density at radius 2 is 0.941 bits per heavy atom. The fraction of sp³-hybridized carbons (Fsp3) is 0. The Morgan fingerprint density at radius 1 is 0.647 bits per heavy atom. The first kappa shape index (κ1) is 15.1. The van der Waals surface area contributed by atoms with E-state index in [1.54, 1.807) is 36.4 Å². The van der Waals surface area contributed by atoms with Crippen molar-refractivity contribution in [3.8, 4) is 0 Å². The van der Waals surface area contributed by atoms with Crippen LogP contribution in [-0.4, -0.2) is 0 Å². The van der Waals surface area contributed by atoms with Crippen LogP contribution in [0.3, 0.4) is 0 Å². The van der Waals surface area contributed by atoms with Gasteiger partial charge in [-0.1, -0.05) is 36.4 Å². The fourth-order valence-corrected chi connectivity index (χ4v) is 0.994. The topological polar surface area (TPSA) is 99.6 Å². The normalized spacial score (nSPS) is 8.47. The van der Waals surface area contributed by atoms with Gasteiger partial charge in [0, 0.05) is 11.4 Å². The van der Waals surface area contributed by atoms with E-state index in [-0.39, 0.29) is 16.8 Å². The van der Waals surface area contributed by atoms with E-state index in [1.807, 2.05) is 12.1 Å². The summed E-state index contributed by atoms with van der Waals surface area (Å²) in [5.74, 6) is 0. The van der Waals surface area contributed by atoms with Gasteiger partial charge in [-0.25, -0.2) is 0 Å². The molecular weight excluding hydrogens is 259 g/mol. The van der Waals surface area contributed by atoms with Crippen molar-refractivity contribution in [3.63, 3.8) is 0 Å². The Balaban J connectivity index is 0.000000284. The van der Waals surface area contributed by atoms with Crippen LogP contribution in [0.1, 0.15) is 0 Å². The van der Waals surface area contributed by atoms with E-state index >= 15 is 0 Å². The van der Waals surface area contributed by atoms with Crippen LogP contribution in [0.15, 0.2) is 48.5 Å². The SMILES string of the molecule is [Co+2].[NH-]c1ccccc1N.[NH-]c1ccccc1N. The number of rotatable bonds is 0. The zero-order valence-corrected chi connectivity index (χ0v) is 10.1. The molecule has 1 radical (unpaired) electrons. The Morgan fingerprint density at radius 3 is 1.12 bits per heavy atom. The van der Waals surface area contributed by atoms with Crippen molar-refractivity contribution in [3.05, 3.63) is 60.0 Å². The second-order valence-corrected chi connectivity index (χ2v) is 3.17. The molecule has 0 unspecified atom stereocenters. The van der Waals surface area contributed by atoms with Gasteiger partial charge in [-0.05, 0) is 12.1 Å². The number of nitrogens with two attached hydrogens (primary N) is 2. The van der Waals surface area contributed by atoms with Crippen molar-refractivity contribution in [1.82, 2.24) is 0 Å². The molecule has 91 valence electrons. The number of hydrogen-bond acceptors (Lipinski definition) is 2. The molecular formula is C12H14CoN4. The van der Waals surface area contributed by atoms with Crippen molar-refractivity contribution >= 4 is 22.7 Å². The summed E-state index contributed by atoms with van der Waals surface area (Å²) in [7, 11) is 0. The molecule has 0 bridgehead atoms. The van der Waals surface area contributed by atoms with E-state index in [4.69, 9.17) is 22.9 Å². The van der Waals surface area contributed by atoms with Gasteiger partial charge >= 0.3 is 16.8 Å². The van der Waals surface area contributed by atoms with Crippen molar-refractivity contribution < 1.29 is 16.8 Å². The monoisotopic (exact) mass is 273 g/mol. The van der Waals surface area contributed by atoms with Crippen LogP contribution in [0.2, 0.25) is 0 Å². The second-order valence-electron chi connectivity index (χ2n) is 3.17. The van der Waals surface area contributed by atoms with Crippen LogP contribution < -0.4 is 11.5 Å². The summed E-state index contributed by atoms with van der Waals surface area (Å²) in [6.07, 6.45) is 0. The summed E-state index contributed by atoms with van der Waals surface area (Å²) in [5, 5.41) is 0. The molecule has 0 aliphatic heterocycles. The summed E-state index contributed by atoms with van der Waals surface area (Å²) in [5.41, 5.74) is 26.7. The number of nitrogens with one attached hydrogen (secondary N) is 2. The van der Waals surface area contributed by atoms with E-state index in [0.29, 0.717) is 22.7 Å². The maximum absolute atomic E-state index is 7.09. The van der Waals surface area contributed by atoms with E-state index < -0.39 is 0 Å². The Bertz CT molecular complexity index is 374. The smallest absolute Gasteiger partial charge is 0.697 e. The molecule has 0 atom stereocenters. The van der Waals surface area contributed by atoms with Gasteiger partial charge in [-0.2, -0.15) is 0 Å². The predicted octanol–water partition coefficient (Wildman–Crippen LogP) is 3.90. The van der Waals surface area contributed by atoms with Crippen LogP contribution in [0, 0.1) is 0 Å². The van der Waals surface area contributed by atoms with Gasteiger partial charge in [0.2, 0.25) is 0 Å². The van der Waals surface area contributed by atoms with Crippen molar-refractivity contribution in [2.45, 2.75) is 0 Å². The van der Waals surface area contributed by atoms with Gasteiger partial charge in [-0.3, -0.25) is 0 Å². The minimum absolute atomic E-state index is 0. The van der Waals surface area contributed by atoms with E-state index in [1.165, 1.54) is 0 Å². The molecule has 0 aliphatic rings. The maximum atomic E-state index is 7.09. The quantitative estimate of drug-likeness (QED) is 0.711. The van der Waals surface area contributed by atoms with E-state index in [9.17, 15) is 0 Å². The Labute approximate surface area is 111 Å². The van der Waals surface area contributed by atoms with Gasteiger partial charge in [0.15, 0.2) is 0 Å². The third-order valence-electron chi connectivity index (χ3n) is 1.92. The van der Waals surface area contributed by atoms with Gasteiger partial charge in [-0.15, -0.1) is 11.4 Å². The van der Waals surface area contributed by atoms with Crippen molar-refractivity contribution in [2.24, 2.45) is 0 Å². The molecule has 2 aromatic rings. The second kappa shape index (κ2) is 7.42. The molecule has 0 saturated carbocycles. The number of anilines is 2. The third-order valence-corrected chi connectivity index (χ3v) is 1.92. The fourth-order valence-electron chi connectivity index (χ4n) is 0.994. The van der Waals surface area contributed by atoms with Gasteiger partial charge < -0.3 is 22.9 Å². The molecule has 5 heteroatoms. The zero-order valence-electron chi connectivity index (χ0n) is 9.11. The minimum Gasteiger partial charge on any atom is -0.697 e. The van der Waals surface area contributed by atoms with Gasteiger partial charge in [0.1, 0.15) is 0 Å². The van der Waals surface area contributed by atoms with Crippen molar-refractivity contribution in [1.29, 1.82) is 0 Å². The third kappa shape index (κ3) is 5.14. The molecule has 2 aromatic carbocycles. The Hall–Kier alpha value is -1.85. The van der Waals surface area contributed by atoms with Gasteiger partial charge in [0.25, 0.3) is 0 Å². The van der Waals surface area contributed by atoms with E-state index in [0.717, 1.165) is 0 Å². The number of benzene rings is 2. The van der Waals surface area contributed by atoms with E-state index in [2.05, 4.69) is 0 Å². The molecule has 4 nitrogen and oxygen atoms in total. The number of nitrogen functional groups attached to an aromatic ring is 2. The average molecular weight is 273 g/mol. The minimum atomic E-state index is 0. The largest absolute Gasteiger partial charge is 2.00 e. The molecule has 0 amide bonds. The Kier molecular flexibility index (Phi) is 6.62. The van der Waals surface area contributed by atoms with Crippen LogP contribution >= 0.6 is 0 Å². The molecule has 0 fully saturated rings. The summed E-state index contributed by atoms with van der Waals surface area (Å²) in [6.45, 7) is 0. The molecule has 0 heterocycles. The first-order chi connectivity index (χ1) is 7.61. The first-order valence-corrected chi connectivity index (χ1v) is 4.73. The molecule has 0 aliphatic carbocycles. The molecule has 2 rings (SSSR count). The molecule has 17 heavy (non-hydrogen) atoms. The number of hydrogen-bond donors (Lipinski definition) is 2. The zero-order chi connectivity index (χ0) is 12.0.